The van der Waals surface area contributed by atoms with E-state index >= 15 is 0 Å². The fourth-order valence-electron chi connectivity index (χ4n) is 4.17. The van der Waals surface area contributed by atoms with Crippen LogP contribution in [0.5, 0.6) is 5.75 Å². The largest absolute Gasteiger partial charge is 0.497 e. The highest BCUT2D eigenvalue weighted by Gasteiger charge is 2.33. The Morgan fingerprint density at radius 1 is 0.925 bits per heavy atom. The zero-order valence-electron chi connectivity index (χ0n) is 24.0. The van der Waals surface area contributed by atoms with Crippen LogP contribution in [0.1, 0.15) is 45.7 Å². The van der Waals surface area contributed by atoms with Gasteiger partial charge in [-0.3, -0.25) is 13.9 Å². The van der Waals surface area contributed by atoms with E-state index in [1.54, 1.807) is 62.6 Å². The summed E-state index contributed by atoms with van der Waals surface area (Å²) in [5.41, 5.74) is 1.63. The van der Waals surface area contributed by atoms with Gasteiger partial charge < -0.3 is 15.0 Å². The number of aryl methyl sites for hydroxylation is 1. The number of nitrogens with zero attached hydrogens (tertiary/aromatic N) is 2. The molecule has 0 heterocycles. The Morgan fingerprint density at radius 2 is 1.57 bits per heavy atom. The topological polar surface area (TPSA) is 96.0 Å². The lowest BCUT2D eigenvalue weighted by atomic mass is 10.1. The number of benzene rings is 3. The van der Waals surface area contributed by atoms with Gasteiger partial charge in [0.15, 0.2) is 0 Å². The SMILES string of the molecule is CCc1ccc(N(CC(=O)N(Cc2cccc(OC)c2)C(C)C(=O)NC(C)(C)C)S(=O)(=O)c2ccccc2)cc1. The monoisotopic (exact) mass is 565 g/mol. The molecule has 3 rings (SSSR count). The molecule has 1 unspecified atom stereocenters. The van der Waals surface area contributed by atoms with Crippen molar-refractivity contribution >= 4 is 27.5 Å². The second kappa shape index (κ2) is 13.0. The number of hydrogen-bond acceptors (Lipinski definition) is 5. The summed E-state index contributed by atoms with van der Waals surface area (Å²) in [7, 11) is -2.54. The minimum atomic E-state index is -4.10. The van der Waals surface area contributed by atoms with Crippen molar-refractivity contribution in [1.82, 2.24) is 10.2 Å². The summed E-state index contributed by atoms with van der Waals surface area (Å²) in [5, 5.41) is 2.93. The number of ether oxygens (including phenoxy) is 1. The van der Waals surface area contributed by atoms with Gasteiger partial charge in [0.2, 0.25) is 11.8 Å². The molecule has 0 spiro atoms. The summed E-state index contributed by atoms with van der Waals surface area (Å²) in [4.78, 5) is 28.7. The first-order chi connectivity index (χ1) is 18.9. The standard InChI is InChI=1S/C31H39N3O5S/c1-7-24-16-18-26(19-17-24)34(40(37,38)28-14-9-8-10-15-28)22-29(35)33(23(2)30(36)32-31(3,4)5)21-25-12-11-13-27(20-25)39-6/h8-20,23H,7,21-22H2,1-6H3,(H,32,36). The van der Waals surface area contributed by atoms with Crippen LogP contribution in [0.15, 0.2) is 83.8 Å². The molecule has 8 nitrogen and oxygen atoms in total. The lowest BCUT2D eigenvalue weighted by Gasteiger charge is -2.33. The minimum absolute atomic E-state index is 0.0697. The van der Waals surface area contributed by atoms with E-state index in [2.05, 4.69) is 5.32 Å². The first kappa shape index (κ1) is 30.7. The van der Waals surface area contributed by atoms with Gasteiger partial charge in [-0.05, 0) is 81.6 Å². The molecule has 0 aliphatic heterocycles. The Balaban J connectivity index is 2.04. The Kier molecular flexibility index (Phi) is 9.98. The summed E-state index contributed by atoms with van der Waals surface area (Å²) in [6.45, 7) is 8.84. The van der Waals surface area contributed by atoms with Crippen molar-refractivity contribution in [2.24, 2.45) is 0 Å². The zero-order valence-corrected chi connectivity index (χ0v) is 24.9. The number of anilines is 1. The molecule has 3 aromatic carbocycles. The highest BCUT2D eigenvalue weighted by atomic mass is 32.2. The number of amides is 2. The van der Waals surface area contributed by atoms with Crippen molar-refractivity contribution in [2.75, 3.05) is 18.0 Å². The third-order valence-corrected chi connectivity index (χ3v) is 8.18. The van der Waals surface area contributed by atoms with E-state index in [0.717, 1.165) is 21.9 Å². The molecule has 0 radical (unpaired) electrons. The highest BCUT2D eigenvalue weighted by Crippen LogP contribution is 2.25. The average Bonchev–Trinajstić information content (AvgIpc) is 2.93. The molecule has 0 bridgehead atoms. The van der Waals surface area contributed by atoms with Crippen molar-refractivity contribution in [2.45, 2.75) is 64.1 Å². The number of nitrogens with one attached hydrogen (secondary N) is 1. The third kappa shape index (κ3) is 7.85. The van der Waals surface area contributed by atoms with Crippen molar-refractivity contribution in [3.8, 4) is 5.75 Å². The molecule has 0 aromatic heterocycles. The van der Waals surface area contributed by atoms with Crippen molar-refractivity contribution < 1.29 is 22.7 Å². The number of sulfonamides is 1. The van der Waals surface area contributed by atoms with Crippen LogP contribution in [-0.4, -0.2) is 50.4 Å². The second-order valence-corrected chi connectivity index (χ2v) is 12.5. The molecule has 0 aliphatic rings. The van der Waals surface area contributed by atoms with Gasteiger partial charge in [0.05, 0.1) is 17.7 Å². The molecule has 0 saturated heterocycles. The first-order valence-corrected chi connectivity index (χ1v) is 14.7. The lowest BCUT2D eigenvalue weighted by molar-refractivity contribution is -0.140. The fourth-order valence-corrected chi connectivity index (χ4v) is 5.61. The summed E-state index contributed by atoms with van der Waals surface area (Å²) in [5.74, 6) is -0.243. The van der Waals surface area contributed by atoms with Gasteiger partial charge in [0.25, 0.3) is 10.0 Å². The van der Waals surface area contributed by atoms with Crippen LogP contribution in [0.3, 0.4) is 0 Å². The number of carbonyl (C=O) groups is 2. The molecule has 214 valence electrons. The average molecular weight is 566 g/mol. The molecule has 0 saturated carbocycles. The van der Waals surface area contributed by atoms with Crippen LogP contribution in [0.4, 0.5) is 5.69 Å². The fraction of sp³-hybridized carbons (Fsp3) is 0.355. The minimum Gasteiger partial charge on any atom is -0.497 e. The summed E-state index contributed by atoms with van der Waals surface area (Å²) < 4.78 is 34.1. The third-order valence-electron chi connectivity index (χ3n) is 6.40. The molecule has 2 amide bonds. The van der Waals surface area contributed by atoms with Gasteiger partial charge in [-0.25, -0.2) is 8.42 Å². The highest BCUT2D eigenvalue weighted by molar-refractivity contribution is 7.92. The molecule has 3 aromatic rings. The van der Waals surface area contributed by atoms with E-state index in [1.807, 2.05) is 45.9 Å². The maximum Gasteiger partial charge on any atom is 0.264 e. The second-order valence-electron chi connectivity index (χ2n) is 10.6. The smallest absolute Gasteiger partial charge is 0.264 e. The van der Waals surface area contributed by atoms with E-state index in [9.17, 15) is 18.0 Å². The molecule has 40 heavy (non-hydrogen) atoms. The van der Waals surface area contributed by atoms with E-state index in [1.165, 1.54) is 17.0 Å². The van der Waals surface area contributed by atoms with Crippen molar-refractivity contribution in [1.29, 1.82) is 0 Å². The van der Waals surface area contributed by atoms with E-state index < -0.39 is 34.1 Å². The van der Waals surface area contributed by atoms with Crippen LogP contribution < -0.4 is 14.4 Å². The molecule has 9 heteroatoms. The van der Waals surface area contributed by atoms with E-state index in [0.29, 0.717) is 11.4 Å². The van der Waals surface area contributed by atoms with Gasteiger partial charge in [0, 0.05) is 12.1 Å². The predicted molar refractivity (Wildman–Crippen MR) is 158 cm³/mol. The van der Waals surface area contributed by atoms with E-state index in [4.69, 9.17) is 4.74 Å². The Labute approximate surface area is 238 Å². The first-order valence-electron chi connectivity index (χ1n) is 13.3. The molecule has 0 fully saturated rings. The number of carbonyl (C=O) groups excluding carboxylic acids is 2. The maximum atomic E-state index is 14.0. The van der Waals surface area contributed by atoms with Crippen LogP contribution in [0, 0.1) is 0 Å². The van der Waals surface area contributed by atoms with Gasteiger partial charge in [0.1, 0.15) is 18.3 Å². The number of rotatable bonds is 11. The van der Waals surface area contributed by atoms with Gasteiger partial charge >= 0.3 is 0 Å². The van der Waals surface area contributed by atoms with Gasteiger partial charge in [-0.1, -0.05) is 49.4 Å². The Bertz CT molecular complexity index is 1400. The maximum absolute atomic E-state index is 14.0. The molecule has 1 atom stereocenters. The molecule has 1 N–H and O–H groups in total. The van der Waals surface area contributed by atoms with Crippen LogP contribution >= 0.6 is 0 Å². The lowest BCUT2D eigenvalue weighted by Crippen LogP contribution is -2.54. The van der Waals surface area contributed by atoms with Crippen molar-refractivity contribution in [3.05, 3.63) is 90.0 Å². The van der Waals surface area contributed by atoms with Gasteiger partial charge in [-0.15, -0.1) is 0 Å². The van der Waals surface area contributed by atoms with Crippen LogP contribution in [0.2, 0.25) is 0 Å². The normalized spacial score (nSPS) is 12.3. The quantitative estimate of drug-likeness (QED) is 0.361. The predicted octanol–water partition coefficient (Wildman–Crippen LogP) is 4.78. The van der Waals surface area contributed by atoms with Crippen LogP contribution in [-0.2, 0) is 32.6 Å². The summed E-state index contributed by atoms with van der Waals surface area (Å²) in [6, 6.07) is 21.5. The van der Waals surface area contributed by atoms with E-state index in [-0.39, 0.29) is 17.3 Å². The zero-order chi connectivity index (χ0) is 29.5. The summed E-state index contributed by atoms with van der Waals surface area (Å²) in [6.07, 6.45) is 0.791. The Hall–Kier alpha value is -3.85. The number of hydrogen-bond donors (Lipinski definition) is 1. The molecule has 0 aliphatic carbocycles. The van der Waals surface area contributed by atoms with Crippen LogP contribution in [0.25, 0.3) is 0 Å². The number of methoxy groups -OCH3 is 1. The molecular weight excluding hydrogens is 526 g/mol. The van der Waals surface area contributed by atoms with Crippen molar-refractivity contribution in [3.63, 3.8) is 0 Å². The molecular formula is C31H39N3O5S. The Morgan fingerprint density at radius 3 is 2.15 bits per heavy atom. The summed E-state index contributed by atoms with van der Waals surface area (Å²) >= 11 is 0. The van der Waals surface area contributed by atoms with Gasteiger partial charge in [-0.2, -0.15) is 0 Å².